The van der Waals surface area contributed by atoms with Crippen molar-refractivity contribution in [3.8, 4) is 22.6 Å². The number of rotatable bonds is 2. The van der Waals surface area contributed by atoms with Crippen LogP contribution in [0.15, 0.2) is 54.9 Å². The molecule has 0 aliphatic carbocycles. The van der Waals surface area contributed by atoms with E-state index in [1.165, 1.54) is 0 Å². The molecule has 3 rings (SSSR count). The molecular weight excluding hydrogens is 238 g/mol. The number of fused-ring (bicyclic) bond motifs is 1. The largest absolute Gasteiger partial charge is 0.507 e. The average Bonchev–Trinajstić information content (AvgIpc) is 2.47. The van der Waals surface area contributed by atoms with Gasteiger partial charge >= 0.3 is 0 Å². The standard InChI is InChI=1S/C16H13NO2/c1-19-12-6-7-16(18)14(8-12)15-10-17-9-11-4-2-3-5-13(11)15/h2-10,18H,1H3. The van der Waals surface area contributed by atoms with Crippen molar-refractivity contribution in [1.29, 1.82) is 0 Å². The number of hydrogen-bond donors (Lipinski definition) is 1. The van der Waals surface area contributed by atoms with E-state index in [4.69, 9.17) is 4.74 Å². The Morgan fingerprint density at radius 3 is 2.68 bits per heavy atom. The minimum atomic E-state index is 0.221. The summed E-state index contributed by atoms with van der Waals surface area (Å²) in [6, 6.07) is 13.2. The average molecular weight is 251 g/mol. The molecule has 0 radical (unpaired) electrons. The molecule has 0 saturated carbocycles. The topological polar surface area (TPSA) is 42.4 Å². The molecule has 0 aliphatic heterocycles. The number of phenols is 1. The van der Waals surface area contributed by atoms with E-state index in [-0.39, 0.29) is 5.75 Å². The highest BCUT2D eigenvalue weighted by Gasteiger charge is 2.09. The first kappa shape index (κ1) is 11.5. The van der Waals surface area contributed by atoms with Gasteiger partial charge in [-0.3, -0.25) is 4.98 Å². The van der Waals surface area contributed by atoms with Gasteiger partial charge in [-0.2, -0.15) is 0 Å². The van der Waals surface area contributed by atoms with Gasteiger partial charge in [0.2, 0.25) is 0 Å². The number of aromatic hydroxyl groups is 1. The fourth-order valence-corrected chi connectivity index (χ4v) is 2.19. The van der Waals surface area contributed by atoms with E-state index in [1.807, 2.05) is 36.5 Å². The van der Waals surface area contributed by atoms with Gasteiger partial charge < -0.3 is 9.84 Å². The number of pyridine rings is 1. The Kier molecular flexibility index (Phi) is 2.80. The second-order valence-corrected chi connectivity index (χ2v) is 4.29. The summed E-state index contributed by atoms with van der Waals surface area (Å²) in [5.74, 6) is 0.930. The molecule has 0 unspecified atom stereocenters. The third kappa shape index (κ3) is 1.99. The molecular formula is C16H13NO2. The maximum atomic E-state index is 10.1. The molecule has 0 bridgehead atoms. The number of aromatic nitrogens is 1. The van der Waals surface area contributed by atoms with Gasteiger partial charge in [0.25, 0.3) is 0 Å². The van der Waals surface area contributed by atoms with Gasteiger partial charge in [0.15, 0.2) is 0 Å². The lowest BCUT2D eigenvalue weighted by atomic mass is 10.00. The molecule has 0 aliphatic rings. The van der Waals surface area contributed by atoms with Crippen molar-refractivity contribution >= 4 is 10.8 Å². The fourth-order valence-electron chi connectivity index (χ4n) is 2.19. The molecule has 0 fully saturated rings. The Morgan fingerprint density at radius 2 is 1.84 bits per heavy atom. The molecule has 0 saturated heterocycles. The second-order valence-electron chi connectivity index (χ2n) is 4.29. The SMILES string of the molecule is COc1ccc(O)c(-c2cncc3ccccc23)c1. The van der Waals surface area contributed by atoms with Crippen LogP contribution >= 0.6 is 0 Å². The quantitative estimate of drug-likeness (QED) is 0.756. The fraction of sp³-hybridized carbons (Fsp3) is 0.0625. The summed E-state index contributed by atoms with van der Waals surface area (Å²) in [5.41, 5.74) is 1.62. The van der Waals surface area contributed by atoms with Crippen LogP contribution < -0.4 is 4.74 Å². The van der Waals surface area contributed by atoms with Crippen LogP contribution in [-0.4, -0.2) is 17.2 Å². The number of ether oxygens (including phenoxy) is 1. The van der Waals surface area contributed by atoms with Crippen LogP contribution in [0.3, 0.4) is 0 Å². The first-order valence-corrected chi connectivity index (χ1v) is 6.00. The lowest BCUT2D eigenvalue weighted by Crippen LogP contribution is -1.87. The van der Waals surface area contributed by atoms with Gasteiger partial charge in [0.1, 0.15) is 11.5 Å². The molecule has 3 heteroatoms. The molecule has 2 aromatic carbocycles. The molecule has 3 aromatic rings. The Labute approximate surface area is 111 Å². The van der Waals surface area contributed by atoms with E-state index in [0.717, 1.165) is 21.9 Å². The number of benzene rings is 2. The monoisotopic (exact) mass is 251 g/mol. The number of methoxy groups -OCH3 is 1. The number of hydrogen-bond acceptors (Lipinski definition) is 3. The normalized spacial score (nSPS) is 10.6. The van der Waals surface area contributed by atoms with Crippen LogP contribution in [0.5, 0.6) is 11.5 Å². The van der Waals surface area contributed by atoms with E-state index in [0.29, 0.717) is 5.75 Å². The highest BCUT2D eigenvalue weighted by atomic mass is 16.5. The van der Waals surface area contributed by atoms with Crippen molar-refractivity contribution in [1.82, 2.24) is 4.98 Å². The Balaban J connectivity index is 2.30. The molecule has 19 heavy (non-hydrogen) atoms. The number of nitrogens with zero attached hydrogens (tertiary/aromatic N) is 1. The van der Waals surface area contributed by atoms with Gasteiger partial charge in [0.05, 0.1) is 7.11 Å². The molecule has 3 nitrogen and oxygen atoms in total. The van der Waals surface area contributed by atoms with Crippen molar-refractivity contribution in [2.45, 2.75) is 0 Å². The molecule has 1 heterocycles. The van der Waals surface area contributed by atoms with E-state index < -0.39 is 0 Å². The van der Waals surface area contributed by atoms with Crippen molar-refractivity contribution in [3.63, 3.8) is 0 Å². The highest BCUT2D eigenvalue weighted by Crippen LogP contribution is 2.36. The van der Waals surface area contributed by atoms with E-state index in [9.17, 15) is 5.11 Å². The minimum absolute atomic E-state index is 0.221. The van der Waals surface area contributed by atoms with Crippen LogP contribution in [0.1, 0.15) is 0 Å². The lowest BCUT2D eigenvalue weighted by Gasteiger charge is -2.09. The Morgan fingerprint density at radius 1 is 1.00 bits per heavy atom. The Bertz CT molecular complexity index is 732. The van der Waals surface area contributed by atoms with Crippen LogP contribution in [0, 0.1) is 0 Å². The summed E-state index contributed by atoms with van der Waals surface area (Å²) >= 11 is 0. The van der Waals surface area contributed by atoms with Gasteiger partial charge in [0, 0.05) is 28.9 Å². The van der Waals surface area contributed by atoms with Gasteiger partial charge in [-0.15, -0.1) is 0 Å². The predicted molar refractivity (Wildman–Crippen MR) is 75.4 cm³/mol. The van der Waals surface area contributed by atoms with Crippen LogP contribution in [0.25, 0.3) is 21.9 Å². The van der Waals surface area contributed by atoms with Crippen LogP contribution in [0.4, 0.5) is 0 Å². The molecule has 0 spiro atoms. The van der Waals surface area contributed by atoms with Crippen molar-refractivity contribution in [2.24, 2.45) is 0 Å². The third-order valence-electron chi connectivity index (χ3n) is 3.16. The second kappa shape index (κ2) is 4.61. The molecule has 94 valence electrons. The van der Waals surface area contributed by atoms with Crippen molar-refractivity contribution < 1.29 is 9.84 Å². The maximum Gasteiger partial charge on any atom is 0.123 e. The first-order valence-electron chi connectivity index (χ1n) is 6.00. The summed E-state index contributed by atoms with van der Waals surface area (Å²) in [6.07, 6.45) is 3.58. The minimum Gasteiger partial charge on any atom is -0.507 e. The summed E-state index contributed by atoms with van der Waals surface area (Å²) in [4.78, 5) is 4.23. The lowest BCUT2D eigenvalue weighted by molar-refractivity contribution is 0.412. The maximum absolute atomic E-state index is 10.1. The molecule has 1 N–H and O–H groups in total. The van der Waals surface area contributed by atoms with E-state index in [1.54, 1.807) is 25.4 Å². The van der Waals surface area contributed by atoms with E-state index in [2.05, 4.69) is 4.98 Å². The molecule has 1 aromatic heterocycles. The predicted octanol–water partition coefficient (Wildman–Crippen LogP) is 3.62. The zero-order valence-corrected chi connectivity index (χ0v) is 10.5. The van der Waals surface area contributed by atoms with Crippen LogP contribution in [-0.2, 0) is 0 Å². The molecule has 0 atom stereocenters. The summed E-state index contributed by atoms with van der Waals surface area (Å²) < 4.78 is 5.21. The molecule has 0 amide bonds. The number of phenolic OH excluding ortho intramolecular Hbond substituents is 1. The summed E-state index contributed by atoms with van der Waals surface area (Å²) in [7, 11) is 1.61. The van der Waals surface area contributed by atoms with Gasteiger partial charge in [-0.25, -0.2) is 0 Å². The van der Waals surface area contributed by atoms with Crippen molar-refractivity contribution in [2.75, 3.05) is 7.11 Å². The summed E-state index contributed by atoms with van der Waals surface area (Å²) in [5, 5.41) is 12.2. The first-order chi connectivity index (χ1) is 9.29. The van der Waals surface area contributed by atoms with Gasteiger partial charge in [-0.05, 0) is 23.6 Å². The summed E-state index contributed by atoms with van der Waals surface area (Å²) in [6.45, 7) is 0. The Hall–Kier alpha value is -2.55. The zero-order chi connectivity index (χ0) is 13.2. The highest BCUT2D eigenvalue weighted by molar-refractivity contribution is 5.97. The van der Waals surface area contributed by atoms with E-state index >= 15 is 0 Å². The zero-order valence-electron chi connectivity index (χ0n) is 10.5. The third-order valence-corrected chi connectivity index (χ3v) is 3.16. The smallest absolute Gasteiger partial charge is 0.123 e. The van der Waals surface area contributed by atoms with Crippen molar-refractivity contribution in [3.05, 3.63) is 54.9 Å². The van der Waals surface area contributed by atoms with Gasteiger partial charge in [-0.1, -0.05) is 24.3 Å². The van der Waals surface area contributed by atoms with Crippen LogP contribution in [0.2, 0.25) is 0 Å².